The first-order valence-corrected chi connectivity index (χ1v) is 7.04. The Kier molecular flexibility index (Phi) is 5.79. The molecule has 106 valence electrons. The Bertz CT molecular complexity index is 452. The molecule has 0 aromatic heterocycles. The number of hydrogen-bond acceptors (Lipinski definition) is 1. The Balaban J connectivity index is 2.51. The van der Waals surface area contributed by atoms with Gasteiger partial charge in [-0.15, -0.1) is 0 Å². The quantitative estimate of drug-likeness (QED) is 0.660. The molecule has 0 saturated heterocycles. The van der Waals surface area contributed by atoms with Crippen LogP contribution in [0.2, 0.25) is 0 Å². The molecule has 0 unspecified atom stereocenters. The van der Waals surface area contributed by atoms with Crippen molar-refractivity contribution in [3.63, 3.8) is 0 Å². The molecule has 19 heavy (non-hydrogen) atoms. The third-order valence-corrected chi connectivity index (χ3v) is 2.90. The lowest BCUT2D eigenvalue weighted by molar-refractivity contribution is 0.501. The Labute approximate surface area is 122 Å². The number of nitrogens with one attached hydrogen (secondary N) is 2. The fourth-order valence-electron chi connectivity index (χ4n) is 1.58. The van der Waals surface area contributed by atoms with E-state index in [2.05, 4.69) is 52.3 Å². The van der Waals surface area contributed by atoms with Crippen molar-refractivity contribution >= 4 is 21.9 Å². The molecule has 5 heteroatoms. The van der Waals surface area contributed by atoms with Gasteiger partial charge in [-0.05, 0) is 51.0 Å². The predicted molar refractivity (Wildman–Crippen MR) is 82.1 cm³/mol. The van der Waals surface area contributed by atoms with E-state index in [4.69, 9.17) is 0 Å². The summed E-state index contributed by atoms with van der Waals surface area (Å²) < 4.78 is 14.4. The van der Waals surface area contributed by atoms with Crippen molar-refractivity contribution in [1.82, 2.24) is 10.6 Å². The van der Waals surface area contributed by atoms with Gasteiger partial charge in [0.05, 0.1) is 0 Å². The summed E-state index contributed by atoms with van der Waals surface area (Å²) in [5.41, 5.74) is 0.635. The largest absolute Gasteiger partial charge is 0.356 e. The number of halogens is 2. The fraction of sp³-hybridized carbons (Fsp3) is 0.500. The van der Waals surface area contributed by atoms with Gasteiger partial charge in [0.2, 0.25) is 0 Å². The van der Waals surface area contributed by atoms with Gasteiger partial charge in [0.25, 0.3) is 0 Å². The summed E-state index contributed by atoms with van der Waals surface area (Å²) in [6.45, 7) is 6.82. The molecule has 0 aliphatic rings. The molecule has 2 N–H and O–H groups in total. The van der Waals surface area contributed by atoms with Crippen LogP contribution < -0.4 is 10.6 Å². The SMILES string of the molecule is CN=C(NCCc1cc(Br)ccc1F)NC(C)(C)C. The van der Waals surface area contributed by atoms with Crippen LogP contribution in [0.5, 0.6) is 0 Å². The summed E-state index contributed by atoms with van der Waals surface area (Å²) in [5, 5.41) is 6.43. The van der Waals surface area contributed by atoms with Crippen LogP contribution in [0.25, 0.3) is 0 Å². The summed E-state index contributed by atoms with van der Waals surface area (Å²) in [7, 11) is 1.72. The molecule has 1 rings (SSSR count). The second-order valence-electron chi connectivity index (χ2n) is 5.36. The van der Waals surface area contributed by atoms with Crippen molar-refractivity contribution in [3.05, 3.63) is 34.1 Å². The number of benzene rings is 1. The maximum Gasteiger partial charge on any atom is 0.191 e. The number of hydrogen-bond donors (Lipinski definition) is 2. The molecule has 0 spiro atoms. The first-order chi connectivity index (χ1) is 8.81. The lowest BCUT2D eigenvalue weighted by Crippen LogP contribution is -2.48. The molecule has 0 heterocycles. The van der Waals surface area contributed by atoms with Crippen LogP contribution >= 0.6 is 15.9 Å². The van der Waals surface area contributed by atoms with Crippen molar-refractivity contribution < 1.29 is 4.39 Å². The van der Waals surface area contributed by atoms with E-state index in [1.54, 1.807) is 19.2 Å². The van der Waals surface area contributed by atoms with Crippen molar-refractivity contribution in [3.8, 4) is 0 Å². The lowest BCUT2D eigenvalue weighted by atomic mass is 10.1. The molecule has 0 bridgehead atoms. The number of aliphatic imine (C=N–C) groups is 1. The predicted octanol–water partition coefficient (Wildman–Crippen LogP) is 3.09. The van der Waals surface area contributed by atoms with E-state index in [0.717, 1.165) is 10.4 Å². The van der Waals surface area contributed by atoms with Crippen LogP contribution in [0.3, 0.4) is 0 Å². The average molecular weight is 330 g/mol. The molecular formula is C14H21BrFN3. The Hall–Kier alpha value is -1.10. The van der Waals surface area contributed by atoms with E-state index < -0.39 is 0 Å². The molecule has 1 aromatic carbocycles. The van der Waals surface area contributed by atoms with E-state index >= 15 is 0 Å². The molecule has 0 saturated carbocycles. The molecule has 0 atom stereocenters. The van der Waals surface area contributed by atoms with E-state index in [0.29, 0.717) is 18.5 Å². The Morgan fingerprint density at radius 1 is 1.37 bits per heavy atom. The van der Waals surface area contributed by atoms with E-state index in [1.165, 1.54) is 6.07 Å². The summed E-state index contributed by atoms with van der Waals surface area (Å²) in [4.78, 5) is 4.14. The van der Waals surface area contributed by atoms with Crippen LogP contribution in [0, 0.1) is 5.82 Å². The van der Waals surface area contributed by atoms with Crippen molar-refractivity contribution in [2.24, 2.45) is 4.99 Å². The number of nitrogens with zero attached hydrogens (tertiary/aromatic N) is 1. The van der Waals surface area contributed by atoms with Gasteiger partial charge in [-0.1, -0.05) is 15.9 Å². The summed E-state index contributed by atoms with van der Waals surface area (Å²) >= 11 is 3.35. The van der Waals surface area contributed by atoms with Gasteiger partial charge in [0.1, 0.15) is 5.82 Å². The molecule has 0 fully saturated rings. The zero-order chi connectivity index (χ0) is 14.5. The minimum atomic E-state index is -0.177. The second-order valence-corrected chi connectivity index (χ2v) is 6.28. The summed E-state index contributed by atoms with van der Waals surface area (Å²) in [6, 6.07) is 4.98. The van der Waals surface area contributed by atoms with Gasteiger partial charge in [0.15, 0.2) is 5.96 Å². The van der Waals surface area contributed by atoms with Gasteiger partial charge >= 0.3 is 0 Å². The normalized spacial score (nSPS) is 12.4. The zero-order valence-electron chi connectivity index (χ0n) is 11.8. The Morgan fingerprint density at radius 3 is 2.63 bits per heavy atom. The topological polar surface area (TPSA) is 36.4 Å². The summed E-state index contributed by atoms with van der Waals surface area (Å²) in [6.07, 6.45) is 0.607. The van der Waals surface area contributed by atoms with Gasteiger partial charge in [-0.25, -0.2) is 4.39 Å². The van der Waals surface area contributed by atoms with E-state index in [-0.39, 0.29) is 11.4 Å². The van der Waals surface area contributed by atoms with Crippen molar-refractivity contribution in [2.75, 3.05) is 13.6 Å². The molecule has 3 nitrogen and oxygen atoms in total. The van der Waals surface area contributed by atoms with E-state index in [9.17, 15) is 4.39 Å². The standard InChI is InChI=1S/C14H21BrFN3/c1-14(2,3)19-13(17-4)18-8-7-10-9-11(15)5-6-12(10)16/h5-6,9H,7-8H2,1-4H3,(H2,17,18,19). The average Bonchev–Trinajstić information content (AvgIpc) is 2.30. The molecule has 0 aliphatic carbocycles. The Morgan fingerprint density at radius 2 is 2.05 bits per heavy atom. The van der Waals surface area contributed by atoms with Gasteiger partial charge in [-0.2, -0.15) is 0 Å². The smallest absolute Gasteiger partial charge is 0.191 e. The van der Waals surface area contributed by atoms with Gasteiger partial charge in [0, 0.05) is 23.6 Å². The van der Waals surface area contributed by atoms with Crippen LogP contribution in [-0.2, 0) is 6.42 Å². The molecule has 1 aromatic rings. The van der Waals surface area contributed by atoms with Crippen molar-refractivity contribution in [1.29, 1.82) is 0 Å². The minimum absolute atomic E-state index is 0.0527. The lowest BCUT2D eigenvalue weighted by Gasteiger charge is -2.23. The number of guanidine groups is 1. The maximum atomic E-state index is 13.6. The fourth-order valence-corrected chi connectivity index (χ4v) is 1.99. The molecule has 0 amide bonds. The third kappa shape index (κ3) is 6.05. The second kappa shape index (κ2) is 6.89. The monoisotopic (exact) mass is 329 g/mol. The molecule has 0 radical (unpaired) electrons. The highest BCUT2D eigenvalue weighted by Crippen LogP contribution is 2.15. The third-order valence-electron chi connectivity index (χ3n) is 2.41. The van der Waals surface area contributed by atoms with Crippen LogP contribution in [0.15, 0.2) is 27.7 Å². The highest BCUT2D eigenvalue weighted by molar-refractivity contribution is 9.10. The maximum absolute atomic E-state index is 13.6. The molecular weight excluding hydrogens is 309 g/mol. The first-order valence-electron chi connectivity index (χ1n) is 6.24. The van der Waals surface area contributed by atoms with Crippen LogP contribution in [-0.4, -0.2) is 25.1 Å². The summed E-state index contributed by atoms with van der Waals surface area (Å²) in [5.74, 6) is 0.548. The first kappa shape index (κ1) is 16.0. The van der Waals surface area contributed by atoms with Gasteiger partial charge in [-0.3, -0.25) is 4.99 Å². The van der Waals surface area contributed by atoms with Crippen LogP contribution in [0.4, 0.5) is 4.39 Å². The highest BCUT2D eigenvalue weighted by atomic mass is 79.9. The number of rotatable bonds is 3. The van der Waals surface area contributed by atoms with Gasteiger partial charge < -0.3 is 10.6 Å². The van der Waals surface area contributed by atoms with E-state index in [1.807, 2.05) is 0 Å². The van der Waals surface area contributed by atoms with Crippen LogP contribution in [0.1, 0.15) is 26.3 Å². The molecule has 0 aliphatic heterocycles. The van der Waals surface area contributed by atoms with Crippen molar-refractivity contribution in [2.45, 2.75) is 32.7 Å². The minimum Gasteiger partial charge on any atom is -0.356 e. The zero-order valence-corrected chi connectivity index (χ0v) is 13.4. The highest BCUT2D eigenvalue weighted by Gasteiger charge is 2.11.